The Labute approximate surface area is 115 Å². The smallest absolute Gasteiger partial charge is 0.143 e. The summed E-state index contributed by atoms with van der Waals surface area (Å²) in [5.74, 6) is 0.458. The summed E-state index contributed by atoms with van der Waals surface area (Å²) in [7, 11) is 0. The SMILES string of the molecule is CC(C)c1csc(-c2ncc(Br)cc2Br)n1. The van der Waals surface area contributed by atoms with E-state index in [2.05, 4.69) is 61.1 Å². The van der Waals surface area contributed by atoms with E-state index in [9.17, 15) is 0 Å². The van der Waals surface area contributed by atoms with Crippen LogP contribution in [0.4, 0.5) is 0 Å². The van der Waals surface area contributed by atoms with Gasteiger partial charge in [-0.25, -0.2) is 4.98 Å². The Balaban J connectivity index is 2.42. The third-order valence-electron chi connectivity index (χ3n) is 2.12. The van der Waals surface area contributed by atoms with E-state index in [-0.39, 0.29) is 0 Å². The molecule has 0 aliphatic rings. The van der Waals surface area contributed by atoms with Crippen LogP contribution in [0.5, 0.6) is 0 Å². The molecule has 0 aromatic carbocycles. The number of pyridine rings is 1. The first-order chi connectivity index (χ1) is 7.58. The molecular weight excluding hydrogens is 352 g/mol. The summed E-state index contributed by atoms with van der Waals surface area (Å²) in [6, 6.07) is 1.98. The van der Waals surface area contributed by atoms with Crippen molar-refractivity contribution in [1.29, 1.82) is 0 Å². The summed E-state index contributed by atoms with van der Waals surface area (Å²) in [5, 5.41) is 3.05. The van der Waals surface area contributed by atoms with Crippen LogP contribution in [0.15, 0.2) is 26.6 Å². The highest BCUT2D eigenvalue weighted by Gasteiger charge is 2.11. The van der Waals surface area contributed by atoms with E-state index in [4.69, 9.17) is 0 Å². The van der Waals surface area contributed by atoms with Gasteiger partial charge < -0.3 is 0 Å². The fourth-order valence-electron chi connectivity index (χ4n) is 1.23. The normalized spacial score (nSPS) is 11.1. The van der Waals surface area contributed by atoms with Gasteiger partial charge in [-0.15, -0.1) is 11.3 Å². The monoisotopic (exact) mass is 360 g/mol. The Morgan fingerprint density at radius 1 is 1.31 bits per heavy atom. The summed E-state index contributed by atoms with van der Waals surface area (Å²) in [6.07, 6.45) is 1.79. The van der Waals surface area contributed by atoms with E-state index in [1.165, 1.54) is 0 Å². The van der Waals surface area contributed by atoms with Crippen LogP contribution >= 0.6 is 43.2 Å². The van der Waals surface area contributed by atoms with Gasteiger partial charge in [-0.1, -0.05) is 13.8 Å². The Morgan fingerprint density at radius 3 is 2.62 bits per heavy atom. The molecule has 0 aliphatic carbocycles. The lowest BCUT2D eigenvalue weighted by Crippen LogP contribution is -1.89. The van der Waals surface area contributed by atoms with Gasteiger partial charge in [0.1, 0.15) is 10.7 Å². The van der Waals surface area contributed by atoms with Gasteiger partial charge in [-0.3, -0.25) is 4.98 Å². The predicted octanol–water partition coefficient (Wildman–Crippen LogP) is 4.85. The lowest BCUT2D eigenvalue weighted by molar-refractivity contribution is 0.833. The summed E-state index contributed by atoms with van der Waals surface area (Å²) in [6.45, 7) is 4.28. The maximum atomic E-state index is 4.58. The van der Waals surface area contributed by atoms with Crippen LogP contribution in [0.2, 0.25) is 0 Å². The van der Waals surface area contributed by atoms with E-state index < -0.39 is 0 Å². The molecule has 2 nitrogen and oxygen atoms in total. The molecule has 0 N–H and O–H groups in total. The van der Waals surface area contributed by atoms with E-state index in [1.807, 2.05) is 6.07 Å². The number of rotatable bonds is 2. The third kappa shape index (κ3) is 2.52. The molecule has 0 fully saturated rings. The average Bonchev–Trinajstić information content (AvgIpc) is 2.66. The molecule has 5 heteroatoms. The zero-order valence-electron chi connectivity index (χ0n) is 8.87. The van der Waals surface area contributed by atoms with Crippen molar-refractivity contribution < 1.29 is 0 Å². The molecule has 0 bridgehead atoms. The molecule has 0 aliphatic heterocycles. The van der Waals surface area contributed by atoms with Crippen LogP contribution in [0, 0.1) is 0 Å². The van der Waals surface area contributed by atoms with Crippen molar-refractivity contribution in [3.63, 3.8) is 0 Å². The van der Waals surface area contributed by atoms with Crippen LogP contribution in [0.25, 0.3) is 10.7 Å². The summed E-state index contributed by atoms with van der Waals surface area (Å²) >= 11 is 8.52. The molecule has 0 unspecified atom stereocenters. The lowest BCUT2D eigenvalue weighted by Gasteiger charge is -2.00. The number of hydrogen-bond acceptors (Lipinski definition) is 3. The minimum Gasteiger partial charge on any atom is -0.251 e. The van der Waals surface area contributed by atoms with Crippen molar-refractivity contribution in [2.24, 2.45) is 0 Å². The third-order valence-corrected chi connectivity index (χ3v) is 4.03. The van der Waals surface area contributed by atoms with Crippen LogP contribution in [-0.2, 0) is 0 Å². The number of hydrogen-bond donors (Lipinski definition) is 0. The molecule has 0 radical (unpaired) electrons. The molecule has 0 spiro atoms. The molecule has 0 amide bonds. The number of halogens is 2. The topological polar surface area (TPSA) is 25.8 Å². The second-order valence-electron chi connectivity index (χ2n) is 3.72. The first kappa shape index (κ1) is 12.2. The second kappa shape index (κ2) is 4.94. The van der Waals surface area contributed by atoms with Crippen molar-refractivity contribution in [1.82, 2.24) is 9.97 Å². The van der Waals surface area contributed by atoms with Crippen molar-refractivity contribution in [2.75, 3.05) is 0 Å². The van der Waals surface area contributed by atoms with Crippen molar-refractivity contribution in [2.45, 2.75) is 19.8 Å². The maximum Gasteiger partial charge on any atom is 0.143 e. The largest absolute Gasteiger partial charge is 0.251 e. The van der Waals surface area contributed by atoms with E-state index in [1.54, 1.807) is 17.5 Å². The number of thiazole rings is 1. The van der Waals surface area contributed by atoms with E-state index in [0.29, 0.717) is 5.92 Å². The molecule has 0 saturated carbocycles. The zero-order valence-corrected chi connectivity index (χ0v) is 12.9. The Bertz CT molecular complexity index is 508. The zero-order chi connectivity index (χ0) is 11.7. The minimum atomic E-state index is 0.458. The fraction of sp³-hybridized carbons (Fsp3) is 0.273. The second-order valence-corrected chi connectivity index (χ2v) is 6.34. The maximum absolute atomic E-state index is 4.58. The fourth-order valence-corrected chi connectivity index (χ4v) is 3.53. The summed E-state index contributed by atoms with van der Waals surface area (Å²) in [4.78, 5) is 8.96. The van der Waals surface area contributed by atoms with Gasteiger partial charge in [-0.2, -0.15) is 0 Å². The first-order valence-electron chi connectivity index (χ1n) is 4.84. The highest BCUT2D eigenvalue weighted by molar-refractivity contribution is 9.11. The molecule has 0 saturated heterocycles. The molecule has 84 valence electrons. The molecule has 2 rings (SSSR count). The highest BCUT2D eigenvalue weighted by Crippen LogP contribution is 2.31. The van der Waals surface area contributed by atoms with Gasteiger partial charge in [0.15, 0.2) is 0 Å². The van der Waals surface area contributed by atoms with Gasteiger partial charge in [0.25, 0.3) is 0 Å². The molecule has 2 aromatic rings. The van der Waals surface area contributed by atoms with E-state index in [0.717, 1.165) is 25.3 Å². The summed E-state index contributed by atoms with van der Waals surface area (Å²) < 4.78 is 1.93. The van der Waals surface area contributed by atoms with Gasteiger partial charge in [0.2, 0.25) is 0 Å². The first-order valence-corrected chi connectivity index (χ1v) is 7.31. The van der Waals surface area contributed by atoms with Crippen LogP contribution < -0.4 is 0 Å². The highest BCUT2D eigenvalue weighted by atomic mass is 79.9. The van der Waals surface area contributed by atoms with Gasteiger partial charge >= 0.3 is 0 Å². The predicted molar refractivity (Wildman–Crippen MR) is 74.8 cm³/mol. The Hall–Kier alpha value is -0.260. The van der Waals surface area contributed by atoms with Crippen molar-refractivity contribution >= 4 is 43.2 Å². The van der Waals surface area contributed by atoms with Gasteiger partial charge in [0.05, 0.1) is 5.69 Å². The quantitative estimate of drug-likeness (QED) is 0.763. The molecule has 2 aromatic heterocycles. The average molecular weight is 362 g/mol. The molecule has 2 heterocycles. The van der Waals surface area contributed by atoms with E-state index >= 15 is 0 Å². The number of nitrogens with zero attached hydrogens (tertiary/aromatic N) is 2. The standard InChI is InChI=1S/C11H10Br2N2S/c1-6(2)9-5-16-11(15-9)10-8(13)3-7(12)4-14-10/h3-6H,1-2H3. The van der Waals surface area contributed by atoms with Gasteiger partial charge in [0, 0.05) is 20.5 Å². The Morgan fingerprint density at radius 2 is 2.06 bits per heavy atom. The lowest BCUT2D eigenvalue weighted by atomic mass is 10.2. The van der Waals surface area contributed by atoms with Crippen molar-refractivity contribution in [3.8, 4) is 10.7 Å². The number of aromatic nitrogens is 2. The summed E-state index contributed by atoms with van der Waals surface area (Å²) in [5.41, 5.74) is 2.02. The van der Waals surface area contributed by atoms with Crippen LogP contribution in [0.1, 0.15) is 25.5 Å². The minimum absolute atomic E-state index is 0.458. The van der Waals surface area contributed by atoms with Gasteiger partial charge in [-0.05, 0) is 43.8 Å². The van der Waals surface area contributed by atoms with Crippen LogP contribution in [-0.4, -0.2) is 9.97 Å². The molecule has 0 atom stereocenters. The van der Waals surface area contributed by atoms with Crippen molar-refractivity contribution in [3.05, 3.63) is 32.3 Å². The molecule has 16 heavy (non-hydrogen) atoms. The van der Waals surface area contributed by atoms with Crippen LogP contribution in [0.3, 0.4) is 0 Å². The molecular formula is C11H10Br2N2S. The Kier molecular flexibility index (Phi) is 3.77.